The molecule has 0 bridgehead atoms. The van der Waals surface area contributed by atoms with E-state index in [2.05, 4.69) is 15.5 Å². The van der Waals surface area contributed by atoms with Crippen LogP contribution in [0, 0.1) is 10.1 Å². The molecule has 1 saturated heterocycles. The molecule has 2 N–H and O–H groups in total. The van der Waals surface area contributed by atoms with Crippen molar-refractivity contribution in [3.63, 3.8) is 0 Å². The Labute approximate surface area is 86.0 Å². The highest BCUT2D eigenvalue weighted by Gasteiger charge is 2.39. The van der Waals surface area contributed by atoms with E-state index in [1.807, 2.05) is 0 Å². The van der Waals surface area contributed by atoms with Gasteiger partial charge < -0.3 is 20.2 Å². The van der Waals surface area contributed by atoms with Crippen LogP contribution < -0.4 is 5.32 Å². The molecule has 0 atom stereocenters. The Bertz CT molecular complexity index is 366. The van der Waals surface area contributed by atoms with Gasteiger partial charge in [-0.15, -0.1) is 5.10 Å². The monoisotopic (exact) mass is 212 g/mol. The molecule has 0 spiro atoms. The minimum atomic E-state index is -0.461. The van der Waals surface area contributed by atoms with Crippen LogP contribution in [0.5, 0.6) is 0 Å². The molecule has 2 rings (SSSR count). The zero-order valence-electron chi connectivity index (χ0n) is 8.32. The van der Waals surface area contributed by atoms with Crippen molar-refractivity contribution in [3.8, 4) is 0 Å². The third kappa shape index (κ3) is 1.71. The summed E-state index contributed by atoms with van der Waals surface area (Å²) in [6.07, 6.45) is 1.99. The zero-order valence-corrected chi connectivity index (χ0v) is 8.32. The van der Waals surface area contributed by atoms with E-state index in [-0.39, 0.29) is 11.4 Å². The van der Waals surface area contributed by atoms with Crippen LogP contribution in [0.3, 0.4) is 0 Å². The van der Waals surface area contributed by atoms with Crippen molar-refractivity contribution in [1.29, 1.82) is 0 Å². The first kappa shape index (κ1) is 10.1. The van der Waals surface area contributed by atoms with Crippen molar-refractivity contribution in [2.45, 2.75) is 12.0 Å². The second kappa shape index (κ2) is 3.59. The summed E-state index contributed by atoms with van der Waals surface area (Å²) in [4.78, 5) is 10.2. The van der Waals surface area contributed by atoms with Crippen molar-refractivity contribution in [3.05, 3.63) is 21.9 Å². The van der Waals surface area contributed by atoms with E-state index in [9.17, 15) is 10.1 Å². The average Bonchev–Trinajstić information content (AvgIpc) is 2.59. The van der Waals surface area contributed by atoms with E-state index >= 15 is 0 Å². The number of nitrogens with one attached hydrogen (secondary N) is 2. The highest BCUT2D eigenvalue weighted by Crippen LogP contribution is 2.25. The van der Waals surface area contributed by atoms with Gasteiger partial charge in [-0.05, 0) is 4.92 Å². The predicted molar refractivity (Wildman–Crippen MR) is 51.6 cm³/mol. The second-order valence-corrected chi connectivity index (χ2v) is 3.67. The predicted octanol–water partition coefficient (Wildman–Crippen LogP) is -0.151. The third-order valence-electron chi connectivity index (χ3n) is 2.72. The lowest BCUT2D eigenvalue weighted by atomic mass is 9.89. The van der Waals surface area contributed by atoms with Crippen molar-refractivity contribution < 1.29 is 9.66 Å². The molecule has 0 aromatic carbocycles. The Kier molecular flexibility index (Phi) is 2.41. The number of nitrogens with zero attached hydrogens (tertiary/aromatic N) is 2. The molecule has 1 aliphatic heterocycles. The molecule has 1 fully saturated rings. The van der Waals surface area contributed by atoms with Crippen molar-refractivity contribution in [2.24, 2.45) is 0 Å². The Morgan fingerprint density at radius 2 is 2.47 bits per heavy atom. The van der Waals surface area contributed by atoms with Crippen LogP contribution in [-0.2, 0) is 11.2 Å². The molecule has 0 unspecified atom stereocenters. The van der Waals surface area contributed by atoms with Crippen LogP contribution >= 0.6 is 0 Å². The molecule has 0 saturated carbocycles. The fourth-order valence-corrected chi connectivity index (χ4v) is 1.68. The summed E-state index contributed by atoms with van der Waals surface area (Å²) in [5.41, 5.74) is 0.276. The van der Waals surface area contributed by atoms with E-state index < -0.39 is 4.92 Å². The summed E-state index contributed by atoms with van der Waals surface area (Å²) < 4.78 is 5.36. The number of H-pyrrole nitrogens is 1. The highest BCUT2D eigenvalue weighted by atomic mass is 16.6. The summed E-state index contributed by atoms with van der Waals surface area (Å²) in [5.74, 6) is -0.0432. The number of methoxy groups -OCH3 is 1. The summed E-state index contributed by atoms with van der Waals surface area (Å²) in [6.45, 7) is 1.43. The smallest absolute Gasteiger partial charge is 0.345 e. The van der Waals surface area contributed by atoms with Crippen LogP contribution in [0.15, 0.2) is 6.20 Å². The van der Waals surface area contributed by atoms with Crippen molar-refractivity contribution in [1.82, 2.24) is 15.5 Å². The molecule has 7 heteroatoms. The summed E-state index contributed by atoms with van der Waals surface area (Å²) >= 11 is 0. The number of hydrogen-bond acceptors (Lipinski definition) is 5. The summed E-state index contributed by atoms with van der Waals surface area (Å²) in [7, 11) is 1.62. The highest BCUT2D eigenvalue weighted by molar-refractivity contribution is 5.31. The molecular formula is C8H12N4O3. The Morgan fingerprint density at radius 3 is 2.93 bits per heavy atom. The Morgan fingerprint density at radius 1 is 1.73 bits per heavy atom. The van der Waals surface area contributed by atoms with Crippen molar-refractivity contribution in [2.75, 3.05) is 20.2 Å². The van der Waals surface area contributed by atoms with E-state index in [4.69, 9.17) is 4.74 Å². The van der Waals surface area contributed by atoms with Gasteiger partial charge in [0.25, 0.3) is 0 Å². The van der Waals surface area contributed by atoms with Gasteiger partial charge in [0.1, 0.15) is 0 Å². The zero-order chi connectivity index (χ0) is 10.9. The number of aromatic amines is 1. The van der Waals surface area contributed by atoms with E-state index in [0.717, 1.165) is 0 Å². The van der Waals surface area contributed by atoms with Gasteiger partial charge in [-0.3, -0.25) is 0 Å². The molecule has 2 heterocycles. The number of aromatic nitrogens is 2. The van der Waals surface area contributed by atoms with E-state index in [1.165, 1.54) is 6.20 Å². The van der Waals surface area contributed by atoms with Gasteiger partial charge in [0.2, 0.25) is 0 Å². The fraction of sp³-hybridized carbons (Fsp3) is 0.625. The van der Waals surface area contributed by atoms with E-state index in [1.54, 1.807) is 7.11 Å². The normalized spacial score (nSPS) is 18.5. The average molecular weight is 212 g/mol. The van der Waals surface area contributed by atoms with Crippen LogP contribution in [0.2, 0.25) is 0 Å². The maximum absolute atomic E-state index is 10.6. The lowest BCUT2D eigenvalue weighted by molar-refractivity contribution is -0.390. The van der Waals surface area contributed by atoms with E-state index in [0.29, 0.717) is 25.1 Å². The van der Waals surface area contributed by atoms with Crippen LogP contribution in [0.4, 0.5) is 5.82 Å². The molecule has 1 aliphatic rings. The molecule has 0 amide bonds. The largest absolute Gasteiger partial charge is 0.375 e. The SMILES string of the molecule is COC1(Cc2cn[nH]c2[N+](=O)[O-])CNC1. The van der Waals surface area contributed by atoms with Gasteiger partial charge in [-0.2, -0.15) is 0 Å². The molecule has 0 aliphatic carbocycles. The molecule has 15 heavy (non-hydrogen) atoms. The van der Waals surface area contributed by atoms with Gasteiger partial charge >= 0.3 is 5.82 Å². The fourth-order valence-electron chi connectivity index (χ4n) is 1.68. The Balaban J connectivity index is 2.16. The lowest BCUT2D eigenvalue weighted by Crippen LogP contribution is -2.61. The first-order valence-electron chi connectivity index (χ1n) is 4.59. The topological polar surface area (TPSA) is 93.1 Å². The molecule has 0 radical (unpaired) electrons. The first-order chi connectivity index (χ1) is 7.17. The minimum absolute atomic E-state index is 0.0432. The van der Waals surface area contributed by atoms with Gasteiger partial charge in [0.15, 0.2) is 0 Å². The maximum Gasteiger partial charge on any atom is 0.345 e. The van der Waals surface area contributed by atoms with Gasteiger partial charge in [-0.1, -0.05) is 5.10 Å². The number of rotatable bonds is 4. The second-order valence-electron chi connectivity index (χ2n) is 3.67. The molecule has 7 nitrogen and oxygen atoms in total. The quantitative estimate of drug-likeness (QED) is 0.534. The standard InChI is InChI=1S/C8H12N4O3/c1-15-8(4-9-5-8)2-6-3-10-11-7(6)12(13)14/h3,9H,2,4-5H2,1H3,(H,10,11). The van der Waals surface area contributed by atoms with Crippen LogP contribution in [0.1, 0.15) is 5.56 Å². The van der Waals surface area contributed by atoms with Crippen molar-refractivity contribution >= 4 is 5.82 Å². The minimum Gasteiger partial charge on any atom is -0.375 e. The third-order valence-corrected chi connectivity index (χ3v) is 2.72. The van der Waals surface area contributed by atoms with Gasteiger partial charge in [0, 0.05) is 26.6 Å². The van der Waals surface area contributed by atoms with Gasteiger partial charge in [-0.25, -0.2) is 0 Å². The Hall–Kier alpha value is -1.47. The number of ether oxygens (including phenoxy) is 1. The molecule has 1 aromatic rings. The number of hydrogen-bond donors (Lipinski definition) is 2. The van der Waals surface area contributed by atoms with Gasteiger partial charge in [0.05, 0.1) is 17.4 Å². The summed E-state index contributed by atoms with van der Waals surface area (Å²) in [6, 6.07) is 0. The summed E-state index contributed by atoms with van der Waals surface area (Å²) in [5, 5.41) is 19.8. The molecule has 1 aromatic heterocycles. The molecular weight excluding hydrogens is 200 g/mol. The van der Waals surface area contributed by atoms with Crippen LogP contribution in [-0.4, -0.2) is 40.9 Å². The molecule has 82 valence electrons. The maximum atomic E-state index is 10.6. The lowest BCUT2D eigenvalue weighted by Gasteiger charge is -2.40. The number of nitro groups is 1. The first-order valence-corrected chi connectivity index (χ1v) is 4.59. The van der Waals surface area contributed by atoms with Crippen LogP contribution in [0.25, 0.3) is 0 Å².